The molecule has 0 fully saturated rings. The van der Waals surface area contributed by atoms with Gasteiger partial charge in [0.2, 0.25) is 0 Å². The molecule has 0 heterocycles. The van der Waals surface area contributed by atoms with Crippen LogP contribution < -0.4 is 0 Å². The zero-order valence-corrected chi connectivity index (χ0v) is 26.1. The summed E-state index contributed by atoms with van der Waals surface area (Å²) in [5.41, 5.74) is -0.244. The minimum atomic E-state index is -0.858. The number of esters is 2. The average molecular weight is 774 g/mol. The molecular formula is C22H30Br4O10. The molecule has 0 bridgehead atoms. The van der Waals surface area contributed by atoms with Crippen LogP contribution in [0.4, 0.5) is 0 Å². The van der Waals surface area contributed by atoms with Crippen molar-refractivity contribution in [3.05, 3.63) is 29.0 Å². The predicted molar refractivity (Wildman–Crippen MR) is 144 cm³/mol. The SMILES string of the molecule is CC(O)CC(COC(=O)c1c(Br)c(Br)c(Br)c(Br)c1C(=O)OCC(CC(C)O)OCCO)OCCO. The van der Waals surface area contributed by atoms with E-state index < -0.39 is 36.4 Å². The second-order valence-electron chi connectivity index (χ2n) is 7.81. The van der Waals surface area contributed by atoms with Crippen LogP contribution in [0.15, 0.2) is 17.9 Å². The molecule has 0 amide bonds. The lowest BCUT2D eigenvalue weighted by Gasteiger charge is -2.21. The van der Waals surface area contributed by atoms with Crippen LogP contribution in [0.25, 0.3) is 0 Å². The summed E-state index contributed by atoms with van der Waals surface area (Å²) in [4.78, 5) is 26.3. The van der Waals surface area contributed by atoms with Gasteiger partial charge in [0.25, 0.3) is 0 Å². The maximum atomic E-state index is 13.1. The molecule has 0 aliphatic carbocycles. The summed E-state index contributed by atoms with van der Waals surface area (Å²) < 4.78 is 23.0. The maximum absolute atomic E-state index is 13.1. The molecule has 4 unspecified atom stereocenters. The van der Waals surface area contributed by atoms with Gasteiger partial charge in [-0.15, -0.1) is 0 Å². The Kier molecular flexibility index (Phi) is 16.4. The van der Waals surface area contributed by atoms with Crippen LogP contribution in [0.1, 0.15) is 47.4 Å². The first kappa shape index (κ1) is 33.9. The van der Waals surface area contributed by atoms with Crippen LogP contribution in [-0.2, 0) is 18.9 Å². The van der Waals surface area contributed by atoms with E-state index in [4.69, 9.17) is 29.2 Å². The predicted octanol–water partition coefficient (Wildman–Crippen LogP) is 3.35. The number of ether oxygens (including phenoxy) is 4. The maximum Gasteiger partial charge on any atom is 0.340 e. The first-order valence-electron chi connectivity index (χ1n) is 11.0. The van der Waals surface area contributed by atoms with E-state index in [1.807, 2.05) is 0 Å². The van der Waals surface area contributed by atoms with E-state index in [1.54, 1.807) is 13.8 Å². The monoisotopic (exact) mass is 770 g/mol. The molecule has 36 heavy (non-hydrogen) atoms. The Morgan fingerprint density at radius 1 is 0.694 bits per heavy atom. The minimum Gasteiger partial charge on any atom is -0.459 e. The fourth-order valence-electron chi connectivity index (χ4n) is 3.06. The summed E-state index contributed by atoms with van der Waals surface area (Å²) in [6.45, 7) is 2.16. The van der Waals surface area contributed by atoms with Gasteiger partial charge in [0.15, 0.2) is 0 Å². The van der Waals surface area contributed by atoms with E-state index in [9.17, 15) is 19.8 Å². The number of rotatable bonds is 16. The zero-order chi connectivity index (χ0) is 27.4. The third-order valence-corrected chi connectivity index (χ3v) is 9.34. The van der Waals surface area contributed by atoms with Crippen molar-refractivity contribution in [2.24, 2.45) is 0 Å². The number of halogens is 4. The average Bonchev–Trinajstić information content (AvgIpc) is 2.82. The number of aliphatic hydroxyl groups excluding tert-OH is 4. The van der Waals surface area contributed by atoms with Gasteiger partial charge in [0, 0.05) is 30.7 Å². The van der Waals surface area contributed by atoms with Crippen molar-refractivity contribution in [3.8, 4) is 0 Å². The Bertz CT molecular complexity index is 797. The van der Waals surface area contributed by atoms with E-state index in [-0.39, 0.29) is 72.6 Å². The molecule has 0 spiro atoms. The first-order valence-corrected chi connectivity index (χ1v) is 14.1. The molecule has 4 N–H and O–H groups in total. The number of hydrogen-bond donors (Lipinski definition) is 4. The molecule has 0 aromatic heterocycles. The lowest BCUT2D eigenvalue weighted by molar-refractivity contribution is -0.0375. The highest BCUT2D eigenvalue weighted by Gasteiger charge is 2.31. The molecule has 10 nitrogen and oxygen atoms in total. The first-order chi connectivity index (χ1) is 16.9. The van der Waals surface area contributed by atoms with Gasteiger partial charge < -0.3 is 39.4 Å². The molecular weight excluding hydrogens is 744 g/mol. The third kappa shape index (κ3) is 10.9. The fraction of sp³-hybridized carbons (Fsp3) is 0.636. The van der Waals surface area contributed by atoms with Crippen LogP contribution in [0.3, 0.4) is 0 Å². The Morgan fingerprint density at radius 2 is 1.03 bits per heavy atom. The van der Waals surface area contributed by atoms with Gasteiger partial charge in [-0.3, -0.25) is 0 Å². The normalized spacial score (nSPS) is 14.7. The summed E-state index contributed by atoms with van der Waals surface area (Å²) in [5, 5.41) is 37.4. The number of benzene rings is 1. The van der Waals surface area contributed by atoms with Gasteiger partial charge in [-0.25, -0.2) is 9.59 Å². The molecule has 0 radical (unpaired) electrons. The largest absolute Gasteiger partial charge is 0.459 e. The molecule has 206 valence electrons. The van der Waals surface area contributed by atoms with Crippen molar-refractivity contribution in [2.75, 3.05) is 39.6 Å². The molecule has 0 aliphatic rings. The van der Waals surface area contributed by atoms with E-state index in [1.165, 1.54) is 0 Å². The van der Waals surface area contributed by atoms with Crippen LogP contribution in [0, 0.1) is 0 Å². The van der Waals surface area contributed by atoms with Gasteiger partial charge in [0.05, 0.1) is 62.0 Å². The van der Waals surface area contributed by atoms with Gasteiger partial charge in [0.1, 0.15) is 13.2 Å². The third-order valence-electron chi connectivity index (χ3n) is 4.57. The van der Waals surface area contributed by atoms with Crippen molar-refractivity contribution in [2.45, 2.75) is 51.1 Å². The molecule has 0 saturated heterocycles. The van der Waals surface area contributed by atoms with Crippen LogP contribution in [-0.4, -0.2) is 96.4 Å². The highest BCUT2D eigenvalue weighted by atomic mass is 79.9. The van der Waals surface area contributed by atoms with Crippen molar-refractivity contribution >= 4 is 75.7 Å². The number of carbonyl (C=O) groups excluding carboxylic acids is 2. The van der Waals surface area contributed by atoms with Crippen molar-refractivity contribution in [1.82, 2.24) is 0 Å². The van der Waals surface area contributed by atoms with Crippen molar-refractivity contribution in [3.63, 3.8) is 0 Å². The van der Waals surface area contributed by atoms with E-state index in [2.05, 4.69) is 63.7 Å². The molecule has 0 saturated carbocycles. The van der Waals surface area contributed by atoms with Gasteiger partial charge in [-0.05, 0) is 77.6 Å². The van der Waals surface area contributed by atoms with E-state index in [0.717, 1.165) is 0 Å². The quantitative estimate of drug-likeness (QED) is 0.112. The van der Waals surface area contributed by atoms with E-state index >= 15 is 0 Å². The smallest absolute Gasteiger partial charge is 0.340 e. The molecule has 0 aliphatic heterocycles. The van der Waals surface area contributed by atoms with Crippen molar-refractivity contribution < 1.29 is 49.0 Å². The van der Waals surface area contributed by atoms with Crippen LogP contribution in [0.5, 0.6) is 0 Å². The number of carbonyl (C=O) groups is 2. The molecule has 1 aromatic rings. The lowest BCUT2D eigenvalue weighted by atomic mass is 10.1. The molecule has 1 rings (SSSR count). The Hall–Kier alpha value is -0.160. The number of aliphatic hydroxyl groups is 4. The Labute approximate surface area is 243 Å². The Balaban J connectivity index is 3.20. The van der Waals surface area contributed by atoms with Gasteiger partial charge in [-0.2, -0.15) is 0 Å². The number of hydrogen-bond acceptors (Lipinski definition) is 10. The van der Waals surface area contributed by atoms with Crippen molar-refractivity contribution in [1.29, 1.82) is 0 Å². The summed E-state index contributed by atoms with van der Waals surface area (Å²) in [5.74, 6) is -1.72. The second kappa shape index (κ2) is 17.4. The van der Waals surface area contributed by atoms with Crippen LogP contribution >= 0.6 is 63.7 Å². The van der Waals surface area contributed by atoms with Gasteiger partial charge >= 0.3 is 11.9 Å². The van der Waals surface area contributed by atoms with Gasteiger partial charge in [-0.1, -0.05) is 0 Å². The Morgan fingerprint density at radius 3 is 1.31 bits per heavy atom. The van der Waals surface area contributed by atoms with Crippen LogP contribution in [0.2, 0.25) is 0 Å². The summed E-state index contributed by atoms with van der Waals surface area (Å²) in [7, 11) is 0. The van der Waals surface area contributed by atoms with E-state index in [0.29, 0.717) is 8.95 Å². The standard InChI is InChI=1S/C22H30Br4O10/c1-11(29)7-13(33-5-3-27)9-35-21(31)15-16(18(24)20(26)19(25)17(15)23)22(32)36-10-14(8-12(2)30)34-6-4-28/h11-14,27-30H,3-10H2,1-2H3. The lowest BCUT2D eigenvalue weighted by Crippen LogP contribution is -2.29. The second-order valence-corrected chi connectivity index (χ2v) is 11.0. The summed E-state index contributed by atoms with van der Waals surface area (Å²) in [6, 6.07) is 0. The topological polar surface area (TPSA) is 152 Å². The summed E-state index contributed by atoms with van der Waals surface area (Å²) >= 11 is 13.4. The molecule has 14 heteroatoms. The molecule has 1 aromatic carbocycles. The summed E-state index contributed by atoms with van der Waals surface area (Å²) in [6.07, 6.45) is -2.50. The highest BCUT2D eigenvalue weighted by molar-refractivity contribution is 9.15. The molecule has 4 atom stereocenters. The highest BCUT2D eigenvalue weighted by Crippen LogP contribution is 2.42. The minimum absolute atomic E-state index is 0.00242. The fourth-order valence-corrected chi connectivity index (χ4v) is 5.51. The zero-order valence-electron chi connectivity index (χ0n) is 19.7.